The van der Waals surface area contributed by atoms with E-state index < -0.39 is 0 Å². The Kier molecular flexibility index (Phi) is 4.45. The molecule has 1 aromatic heterocycles. The van der Waals surface area contributed by atoms with Gasteiger partial charge in [0.05, 0.1) is 18.9 Å². The Morgan fingerprint density at radius 3 is 3.00 bits per heavy atom. The molecular formula is C14H13ClN2O. The predicted octanol–water partition coefficient (Wildman–Crippen LogP) is 3.50. The third kappa shape index (κ3) is 3.39. The normalized spacial score (nSPS) is 10.3. The van der Waals surface area contributed by atoms with Gasteiger partial charge < -0.3 is 4.74 Å². The summed E-state index contributed by atoms with van der Waals surface area (Å²) in [6.07, 6.45) is 3.37. The van der Waals surface area contributed by atoms with Gasteiger partial charge in [-0.25, -0.2) is 9.97 Å². The molecule has 3 nitrogen and oxygen atoms in total. The van der Waals surface area contributed by atoms with Gasteiger partial charge in [-0.15, -0.1) is 6.58 Å². The largest absolute Gasteiger partial charge is 0.373 e. The maximum Gasteiger partial charge on any atom is 0.222 e. The molecule has 0 fully saturated rings. The van der Waals surface area contributed by atoms with Gasteiger partial charge in [-0.2, -0.15) is 0 Å². The zero-order valence-electron chi connectivity index (χ0n) is 9.84. The van der Waals surface area contributed by atoms with Crippen LogP contribution in [-0.4, -0.2) is 16.6 Å². The van der Waals surface area contributed by atoms with Gasteiger partial charge >= 0.3 is 0 Å². The van der Waals surface area contributed by atoms with E-state index in [9.17, 15) is 0 Å². The minimum atomic E-state index is 0.251. The fourth-order valence-electron chi connectivity index (χ4n) is 1.58. The fraction of sp³-hybridized carbons (Fsp3) is 0.143. The minimum absolute atomic E-state index is 0.251. The van der Waals surface area contributed by atoms with E-state index in [4.69, 9.17) is 16.3 Å². The first-order chi connectivity index (χ1) is 8.79. The van der Waals surface area contributed by atoms with Gasteiger partial charge in [-0.3, -0.25) is 0 Å². The number of ether oxygens (including phenoxy) is 1. The van der Waals surface area contributed by atoms with Crippen molar-refractivity contribution < 1.29 is 4.74 Å². The smallest absolute Gasteiger partial charge is 0.222 e. The second-order valence-corrected chi connectivity index (χ2v) is 4.05. The molecule has 2 aromatic rings. The molecule has 0 bridgehead atoms. The van der Waals surface area contributed by atoms with Crippen LogP contribution in [0.5, 0.6) is 0 Å². The van der Waals surface area contributed by atoms with Crippen molar-refractivity contribution in [1.29, 1.82) is 0 Å². The lowest BCUT2D eigenvalue weighted by Crippen LogP contribution is -1.93. The molecular weight excluding hydrogens is 248 g/mol. The second-order valence-electron chi connectivity index (χ2n) is 3.72. The highest BCUT2D eigenvalue weighted by atomic mass is 35.5. The number of halogens is 1. The van der Waals surface area contributed by atoms with Crippen LogP contribution in [0.4, 0.5) is 0 Å². The van der Waals surface area contributed by atoms with Gasteiger partial charge in [0, 0.05) is 11.8 Å². The highest BCUT2D eigenvalue weighted by Gasteiger charge is 2.02. The van der Waals surface area contributed by atoms with E-state index in [0.29, 0.717) is 13.2 Å². The molecule has 92 valence electrons. The van der Waals surface area contributed by atoms with E-state index in [1.807, 2.05) is 30.3 Å². The van der Waals surface area contributed by atoms with Crippen molar-refractivity contribution >= 4 is 11.6 Å². The highest BCUT2D eigenvalue weighted by Crippen LogP contribution is 2.19. The Morgan fingerprint density at radius 1 is 1.33 bits per heavy atom. The number of benzene rings is 1. The van der Waals surface area contributed by atoms with Crippen molar-refractivity contribution in [1.82, 2.24) is 9.97 Å². The van der Waals surface area contributed by atoms with Crippen LogP contribution in [0.3, 0.4) is 0 Å². The summed E-state index contributed by atoms with van der Waals surface area (Å²) in [7, 11) is 0. The summed E-state index contributed by atoms with van der Waals surface area (Å²) in [6.45, 7) is 4.71. The molecule has 0 spiro atoms. The Bertz CT molecular complexity index is 543. The summed E-state index contributed by atoms with van der Waals surface area (Å²) in [5.74, 6) is 0. The first kappa shape index (κ1) is 12.7. The number of nitrogens with zero attached hydrogens (tertiary/aromatic N) is 2. The molecule has 0 aliphatic rings. The van der Waals surface area contributed by atoms with Crippen LogP contribution in [0, 0.1) is 0 Å². The lowest BCUT2D eigenvalue weighted by Gasteiger charge is -2.05. The summed E-state index contributed by atoms with van der Waals surface area (Å²) >= 11 is 5.78. The second kappa shape index (κ2) is 6.28. The highest BCUT2D eigenvalue weighted by molar-refractivity contribution is 6.28. The molecule has 4 heteroatoms. The van der Waals surface area contributed by atoms with Gasteiger partial charge in [0.2, 0.25) is 5.28 Å². The van der Waals surface area contributed by atoms with Crippen LogP contribution in [0.25, 0.3) is 11.3 Å². The van der Waals surface area contributed by atoms with E-state index in [2.05, 4.69) is 16.5 Å². The Hall–Kier alpha value is -1.71. The molecule has 0 N–H and O–H groups in total. The van der Waals surface area contributed by atoms with Crippen molar-refractivity contribution in [2.75, 3.05) is 6.61 Å². The molecule has 0 aliphatic heterocycles. The van der Waals surface area contributed by atoms with Crippen LogP contribution < -0.4 is 0 Å². The van der Waals surface area contributed by atoms with E-state index in [0.717, 1.165) is 16.8 Å². The van der Waals surface area contributed by atoms with Crippen molar-refractivity contribution in [3.8, 4) is 11.3 Å². The van der Waals surface area contributed by atoms with Crippen LogP contribution in [0.2, 0.25) is 5.28 Å². The van der Waals surface area contributed by atoms with Crippen LogP contribution >= 0.6 is 11.6 Å². The van der Waals surface area contributed by atoms with Gasteiger partial charge in [-0.1, -0.05) is 24.3 Å². The summed E-state index contributed by atoms with van der Waals surface area (Å²) in [6, 6.07) is 9.82. The lowest BCUT2D eigenvalue weighted by atomic mass is 10.1. The maximum atomic E-state index is 5.78. The Balaban J connectivity index is 2.18. The monoisotopic (exact) mass is 260 g/mol. The van der Waals surface area contributed by atoms with Gasteiger partial charge in [0.15, 0.2) is 0 Å². The number of rotatable bonds is 5. The number of hydrogen-bond acceptors (Lipinski definition) is 3. The van der Waals surface area contributed by atoms with Gasteiger partial charge in [0.25, 0.3) is 0 Å². The molecule has 0 unspecified atom stereocenters. The molecule has 1 aromatic carbocycles. The molecule has 0 atom stereocenters. The fourth-order valence-corrected chi connectivity index (χ4v) is 1.72. The van der Waals surface area contributed by atoms with Gasteiger partial charge in [0.1, 0.15) is 0 Å². The maximum absolute atomic E-state index is 5.78. The molecule has 0 radical (unpaired) electrons. The molecule has 1 heterocycles. The van der Waals surface area contributed by atoms with Crippen molar-refractivity contribution in [3.63, 3.8) is 0 Å². The zero-order chi connectivity index (χ0) is 12.8. The molecule has 0 aliphatic carbocycles. The Labute approximate surface area is 111 Å². The van der Waals surface area contributed by atoms with E-state index in [1.165, 1.54) is 0 Å². The summed E-state index contributed by atoms with van der Waals surface area (Å²) in [5, 5.41) is 0.251. The van der Waals surface area contributed by atoms with Gasteiger partial charge in [-0.05, 0) is 29.3 Å². The SMILES string of the molecule is C=CCOCc1cccc(-c2ccnc(Cl)n2)c1. The third-order valence-corrected chi connectivity index (χ3v) is 2.54. The molecule has 0 saturated carbocycles. The average Bonchev–Trinajstić information content (AvgIpc) is 2.39. The van der Waals surface area contributed by atoms with Crippen LogP contribution in [-0.2, 0) is 11.3 Å². The molecule has 2 rings (SSSR count). The van der Waals surface area contributed by atoms with Crippen LogP contribution in [0.1, 0.15) is 5.56 Å². The molecule has 18 heavy (non-hydrogen) atoms. The lowest BCUT2D eigenvalue weighted by molar-refractivity contribution is 0.149. The Morgan fingerprint density at radius 2 is 2.22 bits per heavy atom. The predicted molar refractivity (Wildman–Crippen MR) is 72.3 cm³/mol. The minimum Gasteiger partial charge on any atom is -0.373 e. The van der Waals surface area contributed by atoms with E-state index in [-0.39, 0.29) is 5.28 Å². The summed E-state index contributed by atoms with van der Waals surface area (Å²) < 4.78 is 5.41. The van der Waals surface area contributed by atoms with Crippen molar-refractivity contribution in [2.45, 2.75) is 6.61 Å². The number of aromatic nitrogens is 2. The standard InChI is InChI=1S/C14H13ClN2O/c1-2-8-18-10-11-4-3-5-12(9-11)13-6-7-16-14(15)17-13/h2-7,9H,1,8,10H2. The van der Waals surface area contributed by atoms with Crippen molar-refractivity contribution in [2.24, 2.45) is 0 Å². The van der Waals surface area contributed by atoms with E-state index in [1.54, 1.807) is 12.3 Å². The quantitative estimate of drug-likeness (QED) is 0.469. The zero-order valence-corrected chi connectivity index (χ0v) is 10.6. The topological polar surface area (TPSA) is 35.0 Å². The molecule has 0 amide bonds. The summed E-state index contributed by atoms with van der Waals surface area (Å²) in [5.41, 5.74) is 2.89. The summed E-state index contributed by atoms with van der Waals surface area (Å²) in [4.78, 5) is 8.05. The van der Waals surface area contributed by atoms with E-state index >= 15 is 0 Å². The van der Waals surface area contributed by atoms with Crippen molar-refractivity contribution in [3.05, 3.63) is 60.0 Å². The molecule has 0 saturated heterocycles. The first-order valence-electron chi connectivity index (χ1n) is 5.56. The first-order valence-corrected chi connectivity index (χ1v) is 5.94. The average molecular weight is 261 g/mol. The third-order valence-electron chi connectivity index (χ3n) is 2.35. The van der Waals surface area contributed by atoms with Crippen LogP contribution in [0.15, 0.2) is 49.2 Å². The number of hydrogen-bond donors (Lipinski definition) is 0.